The molecule has 0 bridgehead atoms. The van der Waals surface area contributed by atoms with E-state index in [9.17, 15) is 19.7 Å². The number of methoxy groups -OCH3 is 1. The molecular formula is C24H21N3O6S. The van der Waals surface area contributed by atoms with Crippen LogP contribution < -0.4 is 19.6 Å². The predicted molar refractivity (Wildman–Crippen MR) is 126 cm³/mol. The van der Waals surface area contributed by atoms with Gasteiger partial charge in [-0.1, -0.05) is 35.6 Å². The van der Waals surface area contributed by atoms with Gasteiger partial charge in [-0.2, -0.15) is 0 Å². The molecule has 174 valence electrons. The van der Waals surface area contributed by atoms with Gasteiger partial charge >= 0.3 is 5.97 Å². The van der Waals surface area contributed by atoms with E-state index in [1.165, 1.54) is 16.7 Å². The van der Waals surface area contributed by atoms with Gasteiger partial charge in [-0.3, -0.25) is 19.5 Å². The van der Waals surface area contributed by atoms with Crippen molar-refractivity contribution in [3.05, 3.63) is 101 Å². The second kappa shape index (κ2) is 9.44. The summed E-state index contributed by atoms with van der Waals surface area (Å²) in [6, 6.07) is 12.5. The number of carbonyl (C=O) groups is 1. The van der Waals surface area contributed by atoms with E-state index in [1.807, 2.05) is 0 Å². The Hall–Kier alpha value is -4.05. The van der Waals surface area contributed by atoms with Crippen molar-refractivity contribution in [2.75, 3.05) is 13.7 Å². The Morgan fingerprint density at radius 1 is 1.24 bits per heavy atom. The summed E-state index contributed by atoms with van der Waals surface area (Å²) in [6.07, 6.45) is 1.48. The number of hydrogen-bond acceptors (Lipinski definition) is 8. The van der Waals surface area contributed by atoms with Crippen LogP contribution in [0, 0.1) is 10.1 Å². The molecule has 3 aromatic rings. The van der Waals surface area contributed by atoms with Crippen LogP contribution in [0.1, 0.15) is 31.0 Å². The quantitative estimate of drug-likeness (QED) is 0.305. The minimum atomic E-state index is -0.769. The maximum atomic E-state index is 13.6. The van der Waals surface area contributed by atoms with Crippen LogP contribution in [0.4, 0.5) is 5.69 Å². The van der Waals surface area contributed by atoms with Crippen molar-refractivity contribution in [2.24, 2.45) is 4.99 Å². The number of fused-ring (bicyclic) bond motifs is 1. The molecule has 0 fully saturated rings. The van der Waals surface area contributed by atoms with Crippen molar-refractivity contribution in [3.8, 4) is 5.75 Å². The van der Waals surface area contributed by atoms with Gasteiger partial charge in [-0.25, -0.2) is 9.79 Å². The van der Waals surface area contributed by atoms with Crippen LogP contribution in [0.2, 0.25) is 0 Å². The van der Waals surface area contributed by atoms with Gasteiger partial charge in [0.25, 0.3) is 11.2 Å². The lowest BCUT2D eigenvalue weighted by Gasteiger charge is -2.24. The first-order valence-corrected chi connectivity index (χ1v) is 11.2. The summed E-state index contributed by atoms with van der Waals surface area (Å²) in [7, 11) is 1.55. The average molecular weight is 480 g/mol. The van der Waals surface area contributed by atoms with Gasteiger partial charge in [0.1, 0.15) is 5.75 Å². The third-order valence-corrected chi connectivity index (χ3v) is 6.35. The monoisotopic (exact) mass is 479 g/mol. The molecular weight excluding hydrogens is 458 g/mol. The van der Waals surface area contributed by atoms with Crippen molar-refractivity contribution in [2.45, 2.75) is 19.9 Å². The summed E-state index contributed by atoms with van der Waals surface area (Å²) in [5.74, 6) is 0.0727. The molecule has 0 unspecified atom stereocenters. The summed E-state index contributed by atoms with van der Waals surface area (Å²) in [6.45, 7) is 3.58. The first kappa shape index (κ1) is 23.1. The summed E-state index contributed by atoms with van der Waals surface area (Å²) < 4.78 is 12.2. The molecule has 0 saturated carbocycles. The standard InChI is InChI=1S/C24H21N3O6S/c1-4-33-23(29)20-14(2)25-24-26(21(20)15-9-11-17(32-3)12-10-15)22(28)19(34-24)13-16-7-5-6-8-18(16)27(30)31/h5-13,21H,4H2,1-3H3/b19-13+/t21-/m0/s1. The number of hydrogen-bond donors (Lipinski definition) is 0. The van der Waals surface area contributed by atoms with Crippen LogP contribution in [-0.2, 0) is 9.53 Å². The molecule has 2 aromatic carbocycles. The summed E-state index contributed by atoms with van der Waals surface area (Å²) in [5, 5.41) is 11.4. The molecule has 1 atom stereocenters. The highest BCUT2D eigenvalue weighted by Crippen LogP contribution is 2.31. The van der Waals surface area contributed by atoms with E-state index in [2.05, 4.69) is 4.99 Å². The van der Waals surface area contributed by atoms with Crippen LogP contribution in [0.15, 0.2) is 69.6 Å². The Morgan fingerprint density at radius 3 is 2.59 bits per heavy atom. The number of rotatable bonds is 6. The first-order valence-electron chi connectivity index (χ1n) is 10.4. The Labute approximate surface area is 198 Å². The topological polar surface area (TPSA) is 113 Å². The lowest BCUT2D eigenvalue weighted by molar-refractivity contribution is -0.385. The van der Waals surface area contributed by atoms with Gasteiger partial charge in [-0.15, -0.1) is 0 Å². The Balaban J connectivity index is 1.96. The second-order valence-corrected chi connectivity index (χ2v) is 8.40. The lowest BCUT2D eigenvalue weighted by atomic mass is 9.96. The molecule has 0 radical (unpaired) electrons. The van der Waals surface area contributed by atoms with Gasteiger partial charge in [0.2, 0.25) is 0 Å². The molecule has 1 aliphatic rings. The fourth-order valence-electron chi connectivity index (χ4n) is 3.81. The number of nitro benzene ring substituents is 1. The Bertz CT molecular complexity index is 1480. The van der Waals surface area contributed by atoms with Gasteiger partial charge in [0.05, 0.1) is 46.0 Å². The van der Waals surface area contributed by atoms with Gasteiger partial charge < -0.3 is 9.47 Å². The highest BCUT2D eigenvalue weighted by atomic mass is 32.1. The molecule has 0 N–H and O–H groups in total. The number of aromatic nitrogens is 1. The Kier molecular flexibility index (Phi) is 6.42. The SMILES string of the molecule is CCOC(=O)C1=C(C)N=c2s/c(=C/c3ccccc3[N+](=O)[O-])c(=O)n2[C@H]1c1ccc(OC)cc1. The van der Waals surface area contributed by atoms with E-state index in [0.29, 0.717) is 27.4 Å². The fourth-order valence-corrected chi connectivity index (χ4v) is 4.85. The fraction of sp³-hybridized carbons (Fsp3) is 0.208. The number of nitro groups is 1. The third kappa shape index (κ3) is 4.15. The van der Waals surface area contributed by atoms with E-state index in [-0.39, 0.29) is 22.4 Å². The van der Waals surface area contributed by atoms with Crippen molar-refractivity contribution in [3.63, 3.8) is 0 Å². The highest BCUT2D eigenvalue weighted by Gasteiger charge is 2.33. The summed E-state index contributed by atoms with van der Waals surface area (Å²) >= 11 is 1.11. The molecule has 10 heteroatoms. The highest BCUT2D eigenvalue weighted by molar-refractivity contribution is 7.07. The minimum absolute atomic E-state index is 0.108. The molecule has 0 saturated heterocycles. The molecule has 2 heterocycles. The largest absolute Gasteiger partial charge is 0.497 e. The molecule has 1 aromatic heterocycles. The Morgan fingerprint density at radius 2 is 1.94 bits per heavy atom. The van der Waals surface area contributed by atoms with Crippen LogP contribution in [0.3, 0.4) is 0 Å². The molecule has 9 nitrogen and oxygen atoms in total. The van der Waals surface area contributed by atoms with E-state index < -0.39 is 22.5 Å². The van der Waals surface area contributed by atoms with Crippen LogP contribution >= 0.6 is 11.3 Å². The van der Waals surface area contributed by atoms with Gasteiger partial charge in [-0.05, 0) is 43.7 Å². The molecule has 0 amide bonds. The van der Waals surface area contributed by atoms with Crippen molar-refractivity contribution >= 4 is 29.1 Å². The van der Waals surface area contributed by atoms with Crippen molar-refractivity contribution in [1.82, 2.24) is 4.57 Å². The van der Waals surface area contributed by atoms with Crippen LogP contribution in [-0.4, -0.2) is 29.2 Å². The lowest BCUT2D eigenvalue weighted by Crippen LogP contribution is -2.39. The smallest absolute Gasteiger partial charge is 0.338 e. The third-order valence-electron chi connectivity index (χ3n) is 5.37. The maximum Gasteiger partial charge on any atom is 0.338 e. The number of nitrogens with zero attached hydrogens (tertiary/aromatic N) is 3. The minimum Gasteiger partial charge on any atom is -0.497 e. The summed E-state index contributed by atoms with van der Waals surface area (Å²) in [4.78, 5) is 42.3. The molecule has 34 heavy (non-hydrogen) atoms. The number of benzene rings is 2. The molecule has 0 aliphatic carbocycles. The van der Waals surface area contributed by atoms with Crippen molar-refractivity contribution in [1.29, 1.82) is 0 Å². The summed E-state index contributed by atoms with van der Waals surface area (Å²) in [5.41, 5.74) is 1.17. The number of para-hydroxylation sites is 1. The zero-order valence-corrected chi connectivity index (χ0v) is 19.5. The number of carbonyl (C=O) groups excluding carboxylic acids is 1. The van der Waals surface area contributed by atoms with E-state index in [1.54, 1.807) is 63.4 Å². The number of thiazole rings is 1. The number of ether oxygens (including phenoxy) is 2. The maximum absolute atomic E-state index is 13.6. The van der Waals surface area contributed by atoms with E-state index >= 15 is 0 Å². The average Bonchev–Trinajstić information content (AvgIpc) is 3.13. The molecule has 4 rings (SSSR count). The van der Waals surface area contributed by atoms with Crippen LogP contribution in [0.5, 0.6) is 5.75 Å². The zero-order chi connectivity index (χ0) is 24.4. The normalized spacial score (nSPS) is 15.5. The predicted octanol–water partition coefficient (Wildman–Crippen LogP) is 2.72. The molecule has 0 spiro atoms. The van der Waals surface area contributed by atoms with E-state index in [4.69, 9.17) is 9.47 Å². The van der Waals surface area contributed by atoms with Gasteiger partial charge in [0, 0.05) is 6.07 Å². The van der Waals surface area contributed by atoms with Crippen molar-refractivity contribution < 1.29 is 19.2 Å². The molecule has 1 aliphatic heterocycles. The van der Waals surface area contributed by atoms with Crippen LogP contribution in [0.25, 0.3) is 6.08 Å². The number of allylic oxidation sites excluding steroid dienone is 1. The number of esters is 1. The van der Waals surface area contributed by atoms with Gasteiger partial charge in [0.15, 0.2) is 4.80 Å². The second-order valence-electron chi connectivity index (χ2n) is 7.39. The first-order chi connectivity index (χ1) is 16.3. The zero-order valence-electron chi connectivity index (χ0n) is 18.7. The van der Waals surface area contributed by atoms with E-state index in [0.717, 1.165) is 11.3 Å².